The Kier molecular flexibility index (Phi) is 4.13. The number of nitrogens with two attached hydrogens (primary N) is 1. The summed E-state index contributed by atoms with van der Waals surface area (Å²) in [5.74, 6) is 0.743. The van der Waals surface area contributed by atoms with Gasteiger partial charge in [-0.15, -0.1) is 0 Å². The maximum Gasteiger partial charge on any atom is 0.0740 e. The highest BCUT2D eigenvalue weighted by Crippen LogP contribution is 2.27. The van der Waals surface area contributed by atoms with E-state index in [-0.39, 0.29) is 0 Å². The molecule has 0 aromatic carbocycles. The van der Waals surface area contributed by atoms with E-state index in [0.717, 1.165) is 24.9 Å². The molecule has 0 aliphatic heterocycles. The molecule has 0 amide bonds. The van der Waals surface area contributed by atoms with Crippen molar-refractivity contribution in [2.24, 2.45) is 11.7 Å². The van der Waals surface area contributed by atoms with Gasteiger partial charge in [0.1, 0.15) is 0 Å². The summed E-state index contributed by atoms with van der Waals surface area (Å²) in [5, 5.41) is 0. The van der Waals surface area contributed by atoms with Crippen LogP contribution in [-0.2, 0) is 0 Å². The van der Waals surface area contributed by atoms with Gasteiger partial charge in [-0.2, -0.15) is 0 Å². The van der Waals surface area contributed by atoms with Crippen molar-refractivity contribution in [3.63, 3.8) is 0 Å². The molecule has 0 spiro atoms. The Bertz CT molecular complexity index is 176. The van der Waals surface area contributed by atoms with E-state index in [1.165, 1.54) is 19.4 Å². The lowest BCUT2D eigenvalue weighted by atomic mass is 10.2. The zero-order valence-electron chi connectivity index (χ0n) is 8.62. The second-order valence-corrected chi connectivity index (χ2v) is 4.86. The fraction of sp³-hybridized carbons (Fsp3) is 0.900. The van der Waals surface area contributed by atoms with Crippen LogP contribution in [0.15, 0.2) is 0 Å². The highest BCUT2D eigenvalue weighted by atomic mass is 32.1. The quantitative estimate of drug-likeness (QED) is 0.663. The van der Waals surface area contributed by atoms with Gasteiger partial charge in [-0.1, -0.05) is 26.1 Å². The van der Waals surface area contributed by atoms with Gasteiger partial charge in [0.25, 0.3) is 0 Å². The van der Waals surface area contributed by atoms with Crippen LogP contribution in [0.2, 0.25) is 0 Å². The van der Waals surface area contributed by atoms with E-state index in [9.17, 15) is 0 Å². The molecule has 0 heterocycles. The molecule has 13 heavy (non-hydrogen) atoms. The molecule has 1 aliphatic carbocycles. The molecule has 1 aliphatic rings. The van der Waals surface area contributed by atoms with Gasteiger partial charge in [0.2, 0.25) is 0 Å². The minimum Gasteiger partial charge on any atom is -0.393 e. The van der Waals surface area contributed by atoms with E-state index < -0.39 is 0 Å². The molecule has 3 heteroatoms. The molecule has 0 aromatic rings. The molecule has 76 valence electrons. The van der Waals surface area contributed by atoms with Crippen molar-refractivity contribution in [1.29, 1.82) is 0 Å². The summed E-state index contributed by atoms with van der Waals surface area (Å²) in [6.45, 7) is 6.76. The first-order chi connectivity index (χ1) is 6.09. The van der Waals surface area contributed by atoms with Crippen molar-refractivity contribution < 1.29 is 0 Å². The average Bonchev–Trinajstić information content (AvgIpc) is 2.78. The molecule has 2 nitrogen and oxygen atoms in total. The number of hydrogen-bond donors (Lipinski definition) is 1. The molecule has 0 saturated heterocycles. The third-order valence-electron chi connectivity index (χ3n) is 2.31. The predicted octanol–water partition coefficient (Wildman–Crippen LogP) is 1.78. The van der Waals surface area contributed by atoms with Crippen LogP contribution < -0.4 is 5.73 Å². The van der Waals surface area contributed by atoms with Gasteiger partial charge in [0.05, 0.1) is 4.99 Å². The molecule has 1 fully saturated rings. The lowest BCUT2D eigenvalue weighted by Gasteiger charge is -2.23. The molecule has 1 rings (SSSR count). The summed E-state index contributed by atoms with van der Waals surface area (Å²) in [7, 11) is 0. The third-order valence-corrected chi connectivity index (χ3v) is 2.51. The fourth-order valence-electron chi connectivity index (χ4n) is 1.59. The zero-order chi connectivity index (χ0) is 9.84. The lowest BCUT2D eigenvalue weighted by molar-refractivity contribution is 0.241. The zero-order valence-corrected chi connectivity index (χ0v) is 9.44. The summed E-state index contributed by atoms with van der Waals surface area (Å²) in [4.78, 5) is 3.18. The van der Waals surface area contributed by atoms with Crippen LogP contribution in [0.4, 0.5) is 0 Å². The van der Waals surface area contributed by atoms with Crippen molar-refractivity contribution in [1.82, 2.24) is 4.90 Å². The highest BCUT2D eigenvalue weighted by Gasteiger charge is 2.28. The number of rotatable bonds is 6. The smallest absolute Gasteiger partial charge is 0.0740 e. The van der Waals surface area contributed by atoms with E-state index in [0.29, 0.717) is 4.99 Å². The van der Waals surface area contributed by atoms with Crippen LogP contribution in [0.3, 0.4) is 0 Å². The monoisotopic (exact) mass is 200 g/mol. The number of thiocarbonyl (C=S) groups is 1. The second-order valence-electron chi connectivity index (χ2n) is 4.34. The first kappa shape index (κ1) is 10.9. The van der Waals surface area contributed by atoms with E-state index in [1.807, 2.05) is 0 Å². The summed E-state index contributed by atoms with van der Waals surface area (Å²) < 4.78 is 0. The summed E-state index contributed by atoms with van der Waals surface area (Å²) in [6, 6.07) is 0.830. The molecular weight excluding hydrogens is 180 g/mol. The van der Waals surface area contributed by atoms with Crippen LogP contribution >= 0.6 is 12.2 Å². The van der Waals surface area contributed by atoms with Gasteiger partial charge < -0.3 is 5.73 Å². The first-order valence-electron chi connectivity index (χ1n) is 5.12. The summed E-state index contributed by atoms with van der Waals surface area (Å²) >= 11 is 4.89. The number of hydrogen-bond acceptors (Lipinski definition) is 2. The minimum absolute atomic E-state index is 0.648. The molecule has 0 radical (unpaired) electrons. The average molecular weight is 200 g/mol. The predicted molar refractivity (Wildman–Crippen MR) is 60.8 cm³/mol. The lowest BCUT2D eigenvalue weighted by Crippen LogP contribution is -2.32. The largest absolute Gasteiger partial charge is 0.393 e. The van der Waals surface area contributed by atoms with E-state index in [4.69, 9.17) is 18.0 Å². The van der Waals surface area contributed by atoms with Gasteiger partial charge in [0.15, 0.2) is 0 Å². The fourth-order valence-corrected chi connectivity index (χ4v) is 1.68. The Morgan fingerprint density at radius 2 is 2.15 bits per heavy atom. The maximum atomic E-state index is 5.50. The standard InChI is InChI=1S/C10H20N2S/c1-8(2)7-12(9-3-4-9)6-5-10(11)13/h8-9H,3-7H2,1-2H3,(H2,11,13). The maximum absolute atomic E-state index is 5.50. The molecular formula is C10H20N2S. The van der Waals surface area contributed by atoms with Gasteiger partial charge in [-0.3, -0.25) is 4.90 Å². The van der Waals surface area contributed by atoms with E-state index >= 15 is 0 Å². The Morgan fingerprint density at radius 1 is 1.54 bits per heavy atom. The van der Waals surface area contributed by atoms with Crippen LogP contribution in [0.25, 0.3) is 0 Å². The molecule has 0 bridgehead atoms. The molecule has 0 aromatic heterocycles. The van der Waals surface area contributed by atoms with Crippen LogP contribution in [0.5, 0.6) is 0 Å². The Balaban J connectivity index is 2.25. The molecule has 1 saturated carbocycles. The van der Waals surface area contributed by atoms with E-state index in [2.05, 4.69) is 18.7 Å². The minimum atomic E-state index is 0.648. The Labute approximate surface area is 86.5 Å². The van der Waals surface area contributed by atoms with Crippen LogP contribution in [0.1, 0.15) is 33.1 Å². The van der Waals surface area contributed by atoms with Crippen molar-refractivity contribution >= 4 is 17.2 Å². The van der Waals surface area contributed by atoms with Gasteiger partial charge in [-0.05, 0) is 18.8 Å². The molecule has 0 atom stereocenters. The second kappa shape index (κ2) is 4.91. The molecule has 2 N–H and O–H groups in total. The third kappa shape index (κ3) is 4.58. The Hall–Kier alpha value is -0.150. The van der Waals surface area contributed by atoms with Gasteiger partial charge in [-0.25, -0.2) is 0 Å². The van der Waals surface area contributed by atoms with E-state index in [1.54, 1.807) is 0 Å². The topological polar surface area (TPSA) is 29.3 Å². The van der Waals surface area contributed by atoms with Gasteiger partial charge in [0, 0.05) is 25.6 Å². The summed E-state index contributed by atoms with van der Waals surface area (Å²) in [5.41, 5.74) is 5.50. The normalized spacial score (nSPS) is 16.9. The van der Waals surface area contributed by atoms with Crippen LogP contribution in [-0.4, -0.2) is 29.0 Å². The SMILES string of the molecule is CC(C)CN(CCC(N)=S)C1CC1. The van der Waals surface area contributed by atoms with Crippen molar-refractivity contribution in [2.45, 2.75) is 39.2 Å². The Morgan fingerprint density at radius 3 is 2.54 bits per heavy atom. The summed E-state index contributed by atoms with van der Waals surface area (Å²) in [6.07, 6.45) is 3.60. The van der Waals surface area contributed by atoms with Crippen LogP contribution in [0, 0.1) is 5.92 Å². The first-order valence-corrected chi connectivity index (χ1v) is 5.52. The van der Waals surface area contributed by atoms with Crippen molar-refractivity contribution in [2.75, 3.05) is 13.1 Å². The van der Waals surface area contributed by atoms with Crippen molar-refractivity contribution in [3.8, 4) is 0 Å². The molecule has 0 unspecified atom stereocenters. The van der Waals surface area contributed by atoms with Crippen molar-refractivity contribution in [3.05, 3.63) is 0 Å². The highest BCUT2D eigenvalue weighted by molar-refractivity contribution is 7.80. The number of nitrogens with zero attached hydrogens (tertiary/aromatic N) is 1. The van der Waals surface area contributed by atoms with Gasteiger partial charge >= 0.3 is 0 Å².